The quantitative estimate of drug-likeness (QED) is 0.469. The van der Waals surface area contributed by atoms with E-state index in [1.807, 2.05) is 0 Å². The molecule has 0 radical (unpaired) electrons. The maximum atomic E-state index is 11.7. The summed E-state index contributed by atoms with van der Waals surface area (Å²) in [5.74, 6) is 0. The van der Waals surface area contributed by atoms with Gasteiger partial charge in [-0.25, -0.2) is 0 Å². The molecule has 0 amide bonds. The van der Waals surface area contributed by atoms with Crippen LogP contribution in [0, 0.1) is 40.5 Å². The summed E-state index contributed by atoms with van der Waals surface area (Å²) in [6, 6.07) is 6.09. The van der Waals surface area contributed by atoms with E-state index in [4.69, 9.17) is 0 Å². The number of hydrazine groups is 1. The van der Waals surface area contributed by atoms with Crippen molar-refractivity contribution in [3.05, 3.63) is 76.9 Å². The molecule has 14 nitrogen and oxygen atoms in total. The van der Waals surface area contributed by atoms with E-state index in [1.54, 1.807) is 10.0 Å². The van der Waals surface area contributed by atoms with Crippen LogP contribution in [0.1, 0.15) is 25.7 Å². The molecule has 1 saturated carbocycles. The molecule has 0 atom stereocenters. The van der Waals surface area contributed by atoms with Crippen molar-refractivity contribution in [1.82, 2.24) is 0 Å². The molecule has 1 aliphatic carbocycles. The van der Waals surface area contributed by atoms with Crippen LogP contribution in [0.15, 0.2) is 36.4 Å². The van der Waals surface area contributed by atoms with Gasteiger partial charge < -0.3 is 0 Å². The number of rotatable bonds is 6. The third-order valence-electron chi connectivity index (χ3n) is 5.82. The number of hydrogen-bond acceptors (Lipinski definition) is 10. The zero-order valence-electron chi connectivity index (χ0n) is 16.4. The molecule has 2 saturated heterocycles. The molecule has 3 aliphatic rings. The van der Waals surface area contributed by atoms with Crippen LogP contribution in [0.5, 0.6) is 0 Å². The highest BCUT2D eigenvalue weighted by atomic mass is 16.6. The third-order valence-corrected chi connectivity index (χ3v) is 5.82. The van der Waals surface area contributed by atoms with Crippen LogP contribution in [-0.2, 0) is 0 Å². The van der Waals surface area contributed by atoms with E-state index < -0.39 is 42.4 Å². The lowest BCUT2D eigenvalue weighted by molar-refractivity contribution is -0.394. The van der Waals surface area contributed by atoms with Gasteiger partial charge in [0.05, 0.1) is 43.9 Å². The van der Waals surface area contributed by atoms with Crippen LogP contribution in [0.3, 0.4) is 0 Å². The average Bonchev–Trinajstić information content (AvgIpc) is 2.78. The normalized spacial score (nSPS) is 19.6. The summed E-state index contributed by atoms with van der Waals surface area (Å²) in [4.78, 5) is 42.8. The highest BCUT2D eigenvalue weighted by molar-refractivity contribution is 5.76. The summed E-state index contributed by atoms with van der Waals surface area (Å²) < 4.78 is 0. The van der Waals surface area contributed by atoms with Crippen LogP contribution in [0.4, 0.5) is 34.1 Å². The molecule has 2 heterocycles. The predicted molar refractivity (Wildman–Crippen MR) is 111 cm³/mol. The minimum absolute atomic E-state index is 0.0719. The van der Waals surface area contributed by atoms with Gasteiger partial charge >= 0.3 is 11.4 Å². The molecule has 2 bridgehead atoms. The number of non-ortho nitro benzene ring substituents is 2. The fourth-order valence-electron chi connectivity index (χ4n) is 4.46. The molecule has 0 spiro atoms. The highest BCUT2D eigenvalue weighted by Gasteiger charge is 2.45. The van der Waals surface area contributed by atoms with Crippen molar-refractivity contribution in [2.45, 2.75) is 37.8 Å². The number of hydrogen-bond donors (Lipinski definition) is 0. The molecule has 3 fully saturated rings. The molecule has 0 unspecified atom stereocenters. The second kappa shape index (κ2) is 7.72. The largest absolute Gasteiger partial charge is 0.301 e. The minimum Gasteiger partial charge on any atom is -0.275 e. The number of nitro groups is 4. The van der Waals surface area contributed by atoms with E-state index in [0.29, 0.717) is 25.7 Å². The molecule has 0 aromatic heterocycles. The minimum atomic E-state index is -0.738. The van der Waals surface area contributed by atoms with Crippen molar-refractivity contribution in [3.8, 4) is 0 Å². The molecular weight excluding hydrogens is 428 g/mol. The van der Waals surface area contributed by atoms with Gasteiger partial charge in [0, 0.05) is 12.1 Å². The van der Waals surface area contributed by atoms with Gasteiger partial charge in [0.15, 0.2) is 0 Å². The Morgan fingerprint density at radius 2 is 0.938 bits per heavy atom. The van der Waals surface area contributed by atoms with Crippen molar-refractivity contribution in [3.63, 3.8) is 0 Å². The van der Waals surface area contributed by atoms with Gasteiger partial charge in [0.1, 0.15) is 11.4 Å². The summed E-state index contributed by atoms with van der Waals surface area (Å²) in [6.45, 7) is 0. The van der Waals surface area contributed by atoms with Crippen molar-refractivity contribution < 1.29 is 19.7 Å². The lowest BCUT2D eigenvalue weighted by Crippen LogP contribution is -2.62. The van der Waals surface area contributed by atoms with E-state index in [-0.39, 0.29) is 23.5 Å². The smallest absolute Gasteiger partial charge is 0.275 e. The third kappa shape index (κ3) is 3.40. The zero-order chi connectivity index (χ0) is 23.2. The Hall–Kier alpha value is -4.36. The van der Waals surface area contributed by atoms with Gasteiger partial charge in [-0.05, 0) is 37.8 Å². The van der Waals surface area contributed by atoms with E-state index in [2.05, 4.69) is 0 Å². The topological polar surface area (TPSA) is 179 Å². The van der Waals surface area contributed by atoms with Crippen LogP contribution < -0.4 is 10.0 Å². The summed E-state index contributed by atoms with van der Waals surface area (Å²) >= 11 is 0. The van der Waals surface area contributed by atoms with Crippen LogP contribution >= 0.6 is 0 Å². The predicted octanol–water partition coefficient (Wildman–Crippen LogP) is 3.87. The summed E-state index contributed by atoms with van der Waals surface area (Å²) in [5.41, 5.74) is -1.75. The first kappa shape index (κ1) is 20.9. The second-order valence-electron chi connectivity index (χ2n) is 7.53. The van der Waals surface area contributed by atoms with E-state index in [1.165, 1.54) is 12.1 Å². The lowest BCUT2D eigenvalue weighted by atomic mass is 9.86. The van der Waals surface area contributed by atoms with Crippen molar-refractivity contribution in [2.75, 3.05) is 10.0 Å². The lowest BCUT2D eigenvalue weighted by Gasteiger charge is -2.54. The first-order chi connectivity index (χ1) is 15.2. The molecular formula is C18H16N6O8. The van der Waals surface area contributed by atoms with Gasteiger partial charge in [-0.2, -0.15) is 0 Å². The van der Waals surface area contributed by atoms with Gasteiger partial charge in [-0.15, -0.1) is 0 Å². The number of anilines is 2. The Morgan fingerprint density at radius 1 is 0.594 bits per heavy atom. The van der Waals surface area contributed by atoms with Crippen molar-refractivity contribution in [2.24, 2.45) is 0 Å². The monoisotopic (exact) mass is 444 g/mol. The van der Waals surface area contributed by atoms with Gasteiger partial charge in [0.25, 0.3) is 11.4 Å². The standard InChI is InChI=1S/C18H16N6O8/c25-21(26)13-5-7-15(17(9-13)23(29)30)19-11-1-2-12(4-3-11)20(19)16-8-6-14(22(27)28)10-18(16)24(31)32/h5-12H,1-4H2. The van der Waals surface area contributed by atoms with Gasteiger partial charge in [-0.1, -0.05) is 0 Å². The Labute approximate surface area is 179 Å². The Morgan fingerprint density at radius 3 is 1.22 bits per heavy atom. The van der Waals surface area contributed by atoms with Crippen LogP contribution in [0.2, 0.25) is 0 Å². The van der Waals surface area contributed by atoms with Crippen LogP contribution in [-0.4, -0.2) is 31.8 Å². The second-order valence-corrected chi connectivity index (χ2v) is 7.53. The molecule has 2 aromatic carbocycles. The summed E-state index contributed by atoms with van der Waals surface area (Å²) in [5, 5.41) is 48.9. The fraction of sp³-hybridized carbons (Fsp3) is 0.333. The molecule has 2 aliphatic heterocycles. The maximum absolute atomic E-state index is 11.7. The van der Waals surface area contributed by atoms with Crippen molar-refractivity contribution in [1.29, 1.82) is 0 Å². The number of nitrogens with zero attached hydrogens (tertiary/aromatic N) is 6. The summed E-state index contributed by atoms with van der Waals surface area (Å²) in [6.07, 6.45) is 2.71. The molecule has 2 aromatic rings. The number of nitro benzene ring substituents is 4. The van der Waals surface area contributed by atoms with Gasteiger partial charge in [0.2, 0.25) is 0 Å². The highest BCUT2D eigenvalue weighted by Crippen LogP contribution is 2.47. The molecule has 5 rings (SSSR count). The number of fused-ring (bicyclic) bond motifs is 3. The molecule has 166 valence electrons. The zero-order valence-corrected chi connectivity index (χ0v) is 16.4. The Kier molecular flexibility index (Phi) is 5.04. The first-order valence-corrected chi connectivity index (χ1v) is 9.63. The summed E-state index contributed by atoms with van der Waals surface area (Å²) in [7, 11) is 0. The van der Waals surface area contributed by atoms with E-state index in [9.17, 15) is 40.5 Å². The van der Waals surface area contributed by atoms with Crippen LogP contribution in [0.25, 0.3) is 0 Å². The van der Waals surface area contributed by atoms with Gasteiger partial charge in [-0.3, -0.25) is 50.5 Å². The maximum Gasteiger partial charge on any atom is 0.301 e. The van der Waals surface area contributed by atoms with E-state index >= 15 is 0 Å². The number of benzene rings is 2. The Bertz CT molecular complexity index is 1060. The first-order valence-electron chi connectivity index (χ1n) is 9.63. The molecule has 0 N–H and O–H groups in total. The fourth-order valence-corrected chi connectivity index (χ4v) is 4.46. The molecule has 32 heavy (non-hydrogen) atoms. The Balaban J connectivity index is 1.90. The van der Waals surface area contributed by atoms with E-state index in [0.717, 1.165) is 24.3 Å². The van der Waals surface area contributed by atoms with Crippen molar-refractivity contribution >= 4 is 34.1 Å². The SMILES string of the molecule is O=[N+]([O-])c1ccc(N2C3CCC(CC3)N2c2ccc([N+](=O)[O-])cc2[N+](=O)[O-])c([N+](=O)[O-])c1. The molecule has 14 heteroatoms. The average molecular weight is 444 g/mol.